The molecule has 0 amide bonds. The molecule has 1 heterocycles. The Labute approximate surface area is 104 Å². The van der Waals surface area contributed by atoms with Crippen molar-refractivity contribution in [3.63, 3.8) is 0 Å². The third kappa shape index (κ3) is 3.82. The van der Waals surface area contributed by atoms with Gasteiger partial charge in [0.2, 0.25) is 0 Å². The molecule has 2 atom stereocenters. The zero-order valence-electron chi connectivity index (χ0n) is 11.3. The van der Waals surface area contributed by atoms with Crippen LogP contribution >= 0.6 is 0 Å². The summed E-state index contributed by atoms with van der Waals surface area (Å²) >= 11 is 0. The minimum atomic E-state index is -0.458. The van der Waals surface area contributed by atoms with E-state index in [1.165, 1.54) is 0 Å². The summed E-state index contributed by atoms with van der Waals surface area (Å²) in [4.78, 5) is 0. The van der Waals surface area contributed by atoms with Crippen LogP contribution < -0.4 is 0 Å². The van der Waals surface area contributed by atoms with Gasteiger partial charge in [-0.3, -0.25) is 4.68 Å². The predicted octanol–water partition coefficient (Wildman–Crippen LogP) is 1.70. The molecule has 1 aromatic heterocycles. The number of hydrogen-bond acceptors (Lipinski definition) is 3. The molecule has 0 aromatic carbocycles. The van der Waals surface area contributed by atoms with Crippen LogP contribution in [0.2, 0.25) is 0 Å². The average Bonchev–Trinajstić information content (AvgIpc) is 2.67. The number of hydrogen-bond donors (Lipinski definition) is 1. The van der Waals surface area contributed by atoms with E-state index in [0.717, 1.165) is 24.2 Å². The van der Waals surface area contributed by atoms with Crippen molar-refractivity contribution < 1.29 is 9.84 Å². The minimum Gasteiger partial charge on any atom is -0.390 e. The number of aromatic nitrogens is 2. The first-order valence-electron chi connectivity index (χ1n) is 6.43. The molecule has 0 saturated heterocycles. The Balaban J connectivity index is 2.65. The summed E-state index contributed by atoms with van der Waals surface area (Å²) in [6.45, 7) is 6.71. The molecule has 0 radical (unpaired) electrons. The largest absolute Gasteiger partial charge is 0.390 e. The Hall–Kier alpha value is -0.870. The van der Waals surface area contributed by atoms with Crippen molar-refractivity contribution in [3.05, 3.63) is 17.5 Å². The van der Waals surface area contributed by atoms with Gasteiger partial charge >= 0.3 is 0 Å². The van der Waals surface area contributed by atoms with E-state index >= 15 is 0 Å². The van der Waals surface area contributed by atoms with Crippen LogP contribution in [0.5, 0.6) is 0 Å². The monoisotopic (exact) mass is 240 g/mol. The lowest BCUT2D eigenvalue weighted by molar-refractivity contribution is -0.0341. The van der Waals surface area contributed by atoms with Crippen molar-refractivity contribution in [2.75, 3.05) is 6.61 Å². The molecule has 4 heteroatoms. The number of aliphatic hydroxyl groups is 1. The molecule has 0 aliphatic carbocycles. The highest BCUT2D eigenvalue weighted by Crippen LogP contribution is 2.12. The Morgan fingerprint density at radius 1 is 1.41 bits per heavy atom. The first-order valence-corrected chi connectivity index (χ1v) is 6.43. The Bertz CT molecular complexity index is 336. The maximum Gasteiger partial charge on any atom is 0.0856 e. The Kier molecular flexibility index (Phi) is 5.65. The number of aryl methyl sites for hydroxylation is 2. The van der Waals surface area contributed by atoms with Gasteiger partial charge in [-0.1, -0.05) is 13.8 Å². The summed E-state index contributed by atoms with van der Waals surface area (Å²) in [6, 6.07) is 2.06. The molecular formula is C13H24N2O2. The number of aliphatic hydroxyl groups excluding tert-OH is 1. The van der Waals surface area contributed by atoms with E-state index in [0.29, 0.717) is 13.0 Å². The van der Waals surface area contributed by atoms with Crippen LogP contribution in [-0.4, -0.2) is 33.7 Å². The second kappa shape index (κ2) is 6.77. The molecule has 0 aliphatic rings. The molecule has 17 heavy (non-hydrogen) atoms. The molecule has 0 fully saturated rings. The van der Waals surface area contributed by atoms with Crippen molar-refractivity contribution in [1.29, 1.82) is 0 Å². The number of nitrogens with zero attached hydrogens (tertiary/aromatic N) is 2. The molecule has 2 unspecified atom stereocenters. The van der Waals surface area contributed by atoms with Crippen molar-refractivity contribution in [2.45, 2.75) is 52.2 Å². The van der Waals surface area contributed by atoms with Gasteiger partial charge in [-0.15, -0.1) is 0 Å². The summed E-state index contributed by atoms with van der Waals surface area (Å²) < 4.78 is 7.37. The van der Waals surface area contributed by atoms with Crippen molar-refractivity contribution in [1.82, 2.24) is 9.78 Å². The van der Waals surface area contributed by atoms with Gasteiger partial charge in [-0.05, 0) is 25.8 Å². The van der Waals surface area contributed by atoms with E-state index in [-0.39, 0.29) is 6.10 Å². The van der Waals surface area contributed by atoms with E-state index in [9.17, 15) is 5.11 Å². The van der Waals surface area contributed by atoms with Crippen LogP contribution in [0.25, 0.3) is 0 Å². The van der Waals surface area contributed by atoms with Crippen LogP contribution in [0.4, 0.5) is 0 Å². The normalized spacial score (nSPS) is 14.9. The maximum atomic E-state index is 10.1. The van der Waals surface area contributed by atoms with Crippen LogP contribution in [-0.2, 0) is 24.6 Å². The fourth-order valence-corrected chi connectivity index (χ4v) is 2.00. The first-order chi connectivity index (χ1) is 8.12. The minimum absolute atomic E-state index is 0.0834. The lowest BCUT2D eigenvalue weighted by atomic mass is 10.1. The highest BCUT2D eigenvalue weighted by Gasteiger charge is 2.19. The zero-order chi connectivity index (χ0) is 12.8. The quantitative estimate of drug-likeness (QED) is 0.789. The van der Waals surface area contributed by atoms with Gasteiger partial charge in [-0.2, -0.15) is 5.10 Å². The SMILES string of the molecule is CCOC(CC)C(O)Cc1cc(CC)nn1C. The second-order valence-corrected chi connectivity index (χ2v) is 4.28. The fourth-order valence-electron chi connectivity index (χ4n) is 2.00. The standard InChI is InChI=1S/C13H24N2O2/c1-5-10-8-11(15(4)14-10)9-12(16)13(6-2)17-7-3/h8,12-13,16H,5-7,9H2,1-4H3. The maximum absolute atomic E-state index is 10.1. The zero-order valence-corrected chi connectivity index (χ0v) is 11.3. The summed E-state index contributed by atoms with van der Waals surface area (Å²) in [6.07, 6.45) is 1.81. The third-order valence-electron chi connectivity index (χ3n) is 3.02. The van der Waals surface area contributed by atoms with Crippen LogP contribution in [0.1, 0.15) is 38.6 Å². The van der Waals surface area contributed by atoms with Gasteiger partial charge in [0, 0.05) is 25.8 Å². The predicted molar refractivity (Wildman–Crippen MR) is 68.0 cm³/mol. The first kappa shape index (κ1) is 14.2. The van der Waals surface area contributed by atoms with Crippen LogP contribution in [0.3, 0.4) is 0 Å². The van der Waals surface area contributed by atoms with Crippen molar-refractivity contribution in [2.24, 2.45) is 7.05 Å². The smallest absolute Gasteiger partial charge is 0.0856 e. The molecule has 1 N–H and O–H groups in total. The van der Waals surface area contributed by atoms with Gasteiger partial charge in [-0.25, -0.2) is 0 Å². The Morgan fingerprint density at radius 3 is 2.59 bits per heavy atom. The number of rotatable bonds is 7. The van der Waals surface area contributed by atoms with Gasteiger partial charge < -0.3 is 9.84 Å². The van der Waals surface area contributed by atoms with Gasteiger partial charge in [0.1, 0.15) is 0 Å². The van der Waals surface area contributed by atoms with E-state index in [2.05, 4.69) is 18.1 Å². The highest BCUT2D eigenvalue weighted by molar-refractivity contribution is 5.11. The third-order valence-corrected chi connectivity index (χ3v) is 3.02. The highest BCUT2D eigenvalue weighted by atomic mass is 16.5. The molecular weight excluding hydrogens is 216 g/mol. The molecule has 0 bridgehead atoms. The second-order valence-electron chi connectivity index (χ2n) is 4.28. The van der Waals surface area contributed by atoms with Crippen LogP contribution in [0, 0.1) is 0 Å². The average molecular weight is 240 g/mol. The summed E-state index contributed by atoms with van der Waals surface area (Å²) in [5.41, 5.74) is 2.13. The number of ether oxygens (including phenoxy) is 1. The van der Waals surface area contributed by atoms with E-state index < -0.39 is 6.10 Å². The lowest BCUT2D eigenvalue weighted by Crippen LogP contribution is -2.31. The molecule has 1 aromatic rings. The van der Waals surface area contributed by atoms with Crippen LogP contribution in [0.15, 0.2) is 6.07 Å². The summed E-state index contributed by atoms with van der Waals surface area (Å²) in [5, 5.41) is 14.5. The van der Waals surface area contributed by atoms with Gasteiger partial charge in [0.05, 0.1) is 17.9 Å². The van der Waals surface area contributed by atoms with Gasteiger partial charge in [0.25, 0.3) is 0 Å². The molecule has 98 valence electrons. The fraction of sp³-hybridized carbons (Fsp3) is 0.769. The van der Waals surface area contributed by atoms with Gasteiger partial charge in [0.15, 0.2) is 0 Å². The molecule has 0 saturated carbocycles. The topological polar surface area (TPSA) is 47.3 Å². The summed E-state index contributed by atoms with van der Waals surface area (Å²) in [7, 11) is 1.92. The molecule has 0 spiro atoms. The Morgan fingerprint density at radius 2 is 2.12 bits per heavy atom. The lowest BCUT2D eigenvalue weighted by Gasteiger charge is -2.21. The molecule has 0 aliphatic heterocycles. The van der Waals surface area contributed by atoms with E-state index in [1.807, 2.05) is 25.6 Å². The summed E-state index contributed by atoms with van der Waals surface area (Å²) in [5.74, 6) is 0. The molecule has 1 rings (SSSR count). The van der Waals surface area contributed by atoms with E-state index in [1.54, 1.807) is 0 Å². The van der Waals surface area contributed by atoms with Crippen molar-refractivity contribution >= 4 is 0 Å². The molecule has 4 nitrogen and oxygen atoms in total. The van der Waals surface area contributed by atoms with Crippen molar-refractivity contribution in [3.8, 4) is 0 Å². The van der Waals surface area contributed by atoms with E-state index in [4.69, 9.17) is 4.74 Å².